The molecule has 1 unspecified atom stereocenters. The molecule has 1 saturated heterocycles. The Morgan fingerprint density at radius 3 is 2.86 bits per heavy atom. The number of aromatic nitrogens is 2. The van der Waals surface area contributed by atoms with E-state index >= 15 is 0 Å². The monoisotopic (exact) mass is 509 g/mol. The number of aryl methyl sites for hydroxylation is 1. The summed E-state index contributed by atoms with van der Waals surface area (Å²) in [6.07, 6.45) is 4.81. The van der Waals surface area contributed by atoms with Gasteiger partial charge in [0.2, 0.25) is 0 Å². The summed E-state index contributed by atoms with van der Waals surface area (Å²) in [5.41, 5.74) is 1.21. The highest BCUT2D eigenvalue weighted by molar-refractivity contribution is 14.0. The molecular formula is C18H23F3IN5O. The second kappa shape index (κ2) is 9.99. The van der Waals surface area contributed by atoms with Gasteiger partial charge in [-0.15, -0.1) is 24.0 Å². The fourth-order valence-corrected chi connectivity index (χ4v) is 3.29. The largest absolute Gasteiger partial charge is 0.434 e. The molecular weight excluding hydrogens is 486 g/mol. The number of nitrogens with one attached hydrogen (secondary N) is 1. The molecule has 2 aromatic rings. The van der Waals surface area contributed by atoms with Crippen molar-refractivity contribution in [2.45, 2.75) is 25.5 Å². The van der Waals surface area contributed by atoms with Gasteiger partial charge in [0, 0.05) is 51.4 Å². The molecule has 154 valence electrons. The number of halogens is 4. The molecule has 0 spiro atoms. The van der Waals surface area contributed by atoms with Gasteiger partial charge in [-0.2, -0.15) is 13.9 Å². The van der Waals surface area contributed by atoms with Gasteiger partial charge in [-0.1, -0.05) is 6.07 Å². The second-order valence-electron chi connectivity index (χ2n) is 6.37. The van der Waals surface area contributed by atoms with E-state index in [9.17, 15) is 13.2 Å². The fraction of sp³-hybridized carbons (Fsp3) is 0.444. The van der Waals surface area contributed by atoms with Crippen LogP contribution in [0.2, 0.25) is 0 Å². The number of benzene rings is 1. The Hall–Kier alpha value is -1.98. The highest BCUT2D eigenvalue weighted by Gasteiger charge is 2.27. The molecule has 0 bridgehead atoms. The molecule has 2 heterocycles. The fourth-order valence-electron chi connectivity index (χ4n) is 3.29. The van der Waals surface area contributed by atoms with Crippen LogP contribution in [-0.2, 0) is 13.6 Å². The molecule has 0 saturated carbocycles. The van der Waals surface area contributed by atoms with Crippen molar-refractivity contribution in [3.05, 3.63) is 47.5 Å². The van der Waals surface area contributed by atoms with Crippen LogP contribution in [0.15, 0.2) is 35.6 Å². The minimum atomic E-state index is -3.01. The zero-order chi connectivity index (χ0) is 19.4. The second-order valence-corrected chi connectivity index (χ2v) is 6.37. The van der Waals surface area contributed by atoms with Crippen LogP contribution in [0.4, 0.5) is 13.2 Å². The number of guanidine groups is 1. The van der Waals surface area contributed by atoms with Gasteiger partial charge in [0.1, 0.15) is 11.6 Å². The minimum absolute atomic E-state index is 0. The highest BCUT2D eigenvalue weighted by Crippen LogP contribution is 2.27. The van der Waals surface area contributed by atoms with Gasteiger partial charge in [-0.3, -0.25) is 9.67 Å². The van der Waals surface area contributed by atoms with Crippen molar-refractivity contribution in [1.29, 1.82) is 0 Å². The average Bonchev–Trinajstić information content (AvgIpc) is 3.26. The Morgan fingerprint density at radius 2 is 2.21 bits per heavy atom. The first-order chi connectivity index (χ1) is 13.0. The summed E-state index contributed by atoms with van der Waals surface area (Å²) in [7, 11) is 3.52. The number of rotatable bonds is 5. The van der Waals surface area contributed by atoms with E-state index in [1.54, 1.807) is 11.7 Å². The van der Waals surface area contributed by atoms with E-state index in [2.05, 4.69) is 25.0 Å². The number of hydrogen-bond donors (Lipinski definition) is 1. The number of hydrogen-bond acceptors (Lipinski definition) is 3. The standard InChI is InChI=1S/C18H22F3N5O.HI/c1-22-18(26-7-6-12(11-26)13-8-24-25(2)10-13)23-9-14-15(19)4-3-5-16(14)27-17(20)21;/h3-5,8,10,12,17H,6-7,9,11H2,1-2H3,(H,22,23);1H. The summed E-state index contributed by atoms with van der Waals surface area (Å²) in [4.78, 5) is 6.30. The first-order valence-electron chi connectivity index (χ1n) is 8.64. The van der Waals surface area contributed by atoms with Crippen LogP contribution < -0.4 is 10.1 Å². The number of nitrogens with zero attached hydrogens (tertiary/aromatic N) is 4. The van der Waals surface area contributed by atoms with Crippen molar-refractivity contribution in [1.82, 2.24) is 20.0 Å². The molecule has 1 aromatic carbocycles. The summed E-state index contributed by atoms with van der Waals surface area (Å²) < 4.78 is 45.4. The predicted octanol–water partition coefficient (Wildman–Crippen LogP) is 3.34. The lowest BCUT2D eigenvalue weighted by atomic mass is 10.0. The smallest absolute Gasteiger partial charge is 0.387 e. The Bertz CT molecular complexity index is 814. The molecule has 1 N–H and O–H groups in total. The van der Waals surface area contributed by atoms with E-state index in [1.165, 1.54) is 18.2 Å². The van der Waals surface area contributed by atoms with E-state index in [0.29, 0.717) is 11.9 Å². The van der Waals surface area contributed by atoms with Crippen molar-refractivity contribution < 1.29 is 17.9 Å². The predicted molar refractivity (Wildman–Crippen MR) is 111 cm³/mol. The Kier molecular flexibility index (Phi) is 7.96. The molecule has 0 radical (unpaired) electrons. The van der Waals surface area contributed by atoms with E-state index < -0.39 is 12.4 Å². The maximum atomic E-state index is 14.1. The van der Waals surface area contributed by atoms with Gasteiger partial charge in [0.15, 0.2) is 5.96 Å². The van der Waals surface area contributed by atoms with E-state index in [0.717, 1.165) is 25.1 Å². The number of alkyl halides is 2. The van der Waals surface area contributed by atoms with Crippen LogP contribution in [0.5, 0.6) is 5.75 Å². The summed E-state index contributed by atoms with van der Waals surface area (Å²) in [5, 5.41) is 7.26. The van der Waals surface area contributed by atoms with Crippen molar-refractivity contribution >= 4 is 29.9 Å². The lowest BCUT2D eigenvalue weighted by Crippen LogP contribution is -2.39. The van der Waals surface area contributed by atoms with E-state index in [1.807, 2.05) is 19.4 Å². The summed E-state index contributed by atoms with van der Waals surface area (Å²) in [6, 6.07) is 3.88. The van der Waals surface area contributed by atoms with Crippen molar-refractivity contribution in [2.24, 2.45) is 12.0 Å². The maximum absolute atomic E-state index is 14.1. The van der Waals surface area contributed by atoms with Crippen LogP contribution in [0, 0.1) is 5.82 Å². The topological polar surface area (TPSA) is 54.7 Å². The molecule has 10 heteroatoms. The summed E-state index contributed by atoms with van der Waals surface area (Å²) in [5.74, 6) is 0.143. The number of ether oxygens (including phenoxy) is 1. The van der Waals surface area contributed by atoms with Crippen LogP contribution in [-0.4, -0.2) is 47.4 Å². The van der Waals surface area contributed by atoms with Gasteiger partial charge in [0.25, 0.3) is 0 Å². The average molecular weight is 509 g/mol. The molecule has 0 amide bonds. The third kappa shape index (κ3) is 5.30. The van der Waals surface area contributed by atoms with Crippen molar-refractivity contribution in [2.75, 3.05) is 20.1 Å². The molecule has 6 nitrogen and oxygen atoms in total. The van der Waals surface area contributed by atoms with Crippen molar-refractivity contribution in [3.63, 3.8) is 0 Å². The van der Waals surface area contributed by atoms with Crippen LogP contribution in [0.1, 0.15) is 23.5 Å². The van der Waals surface area contributed by atoms with E-state index in [-0.39, 0.29) is 41.8 Å². The van der Waals surface area contributed by atoms with Gasteiger partial charge in [0.05, 0.1) is 6.20 Å². The van der Waals surface area contributed by atoms with Crippen LogP contribution in [0.3, 0.4) is 0 Å². The minimum Gasteiger partial charge on any atom is -0.434 e. The summed E-state index contributed by atoms with van der Waals surface area (Å²) in [6.45, 7) is -1.47. The lowest BCUT2D eigenvalue weighted by Gasteiger charge is -2.22. The molecule has 1 aliphatic heterocycles. The zero-order valence-corrected chi connectivity index (χ0v) is 17.9. The van der Waals surface area contributed by atoms with Crippen LogP contribution in [0.25, 0.3) is 0 Å². The van der Waals surface area contributed by atoms with Crippen molar-refractivity contribution in [3.8, 4) is 5.75 Å². The van der Waals surface area contributed by atoms with E-state index in [4.69, 9.17) is 0 Å². The molecule has 0 aliphatic carbocycles. The lowest BCUT2D eigenvalue weighted by molar-refractivity contribution is -0.0506. The molecule has 28 heavy (non-hydrogen) atoms. The Morgan fingerprint density at radius 1 is 1.43 bits per heavy atom. The third-order valence-corrected chi connectivity index (χ3v) is 4.61. The number of aliphatic imine (C=N–C) groups is 1. The quantitative estimate of drug-likeness (QED) is 0.382. The van der Waals surface area contributed by atoms with Gasteiger partial charge in [-0.05, 0) is 24.1 Å². The first-order valence-corrected chi connectivity index (χ1v) is 8.64. The molecule has 1 aromatic heterocycles. The molecule has 1 aliphatic rings. The first kappa shape index (κ1) is 22.3. The SMILES string of the molecule is CN=C(NCc1c(F)cccc1OC(F)F)N1CCC(c2cnn(C)c2)C1.I. The maximum Gasteiger partial charge on any atom is 0.387 e. The third-order valence-electron chi connectivity index (χ3n) is 4.61. The van der Waals surface area contributed by atoms with Gasteiger partial charge >= 0.3 is 6.61 Å². The van der Waals surface area contributed by atoms with Gasteiger partial charge < -0.3 is 15.0 Å². The Labute approximate surface area is 178 Å². The normalized spacial score (nSPS) is 17.0. The Balaban J connectivity index is 0.00000280. The summed E-state index contributed by atoms with van der Waals surface area (Å²) >= 11 is 0. The molecule has 1 atom stereocenters. The van der Waals surface area contributed by atoms with Crippen LogP contribution >= 0.6 is 24.0 Å². The number of likely N-dealkylation sites (tertiary alicyclic amines) is 1. The molecule has 1 fully saturated rings. The highest BCUT2D eigenvalue weighted by atomic mass is 127. The zero-order valence-electron chi connectivity index (χ0n) is 15.6. The molecule has 3 rings (SSSR count). The van der Waals surface area contributed by atoms with Gasteiger partial charge in [-0.25, -0.2) is 4.39 Å².